The molecule has 4 rings (SSSR count). The molecule has 0 atom stereocenters. The molecule has 0 saturated heterocycles. The number of rotatable bonds is 6. The van der Waals surface area contributed by atoms with E-state index in [1.807, 2.05) is 30.3 Å². The van der Waals surface area contributed by atoms with Crippen LogP contribution in [0.25, 0.3) is 0 Å². The zero-order valence-corrected chi connectivity index (χ0v) is 18.1. The van der Waals surface area contributed by atoms with Crippen LogP contribution in [0.3, 0.4) is 0 Å². The summed E-state index contributed by atoms with van der Waals surface area (Å²) in [4.78, 5) is 53.3. The molecule has 2 aliphatic rings. The van der Waals surface area contributed by atoms with Gasteiger partial charge in [-0.1, -0.05) is 49.6 Å². The van der Waals surface area contributed by atoms with Crippen molar-refractivity contribution in [1.82, 2.24) is 9.80 Å². The monoisotopic (exact) mass is 434 g/mol. The number of carbonyl (C=O) groups is 4. The average molecular weight is 434 g/mol. The Hall–Kier alpha value is -3.48. The van der Waals surface area contributed by atoms with Crippen molar-refractivity contribution in [2.24, 2.45) is 0 Å². The van der Waals surface area contributed by atoms with Crippen LogP contribution in [-0.4, -0.2) is 53.2 Å². The van der Waals surface area contributed by atoms with Gasteiger partial charge in [0.05, 0.1) is 16.7 Å². The van der Waals surface area contributed by atoms with Gasteiger partial charge in [0, 0.05) is 19.6 Å². The highest BCUT2D eigenvalue weighted by molar-refractivity contribution is 6.22. The Bertz CT molecular complexity index is 1040. The van der Waals surface area contributed by atoms with Gasteiger partial charge in [0.2, 0.25) is 0 Å². The van der Waals surface area contributed by atoms with E-state index in [1.165, 1.54) is 28.0 Å². The van der Waals surface area contributed by atoms with E-state index in [9.17, 15) is 19.2 Å². The minimum Gasteiger partial charge on any atom is -0.452 e. The topological polar surface area (TPSA) is 84.0 Å². The Morgan fingerprint density at radius 3 is 2.38 bits per heavy atom. The van der Waals surface area contributed by atoms with Crippen molar-refractivity contribution in [3.05, 3.63) is 70.8 Å². The number of nitrogens with zero attached hydrogens (tertiary/aromatic N) is 2. The molecule has 1 saturated carbocycles. The molecular weight excluding hydrogens is 408 g/mol. The predicted molar refractivity (Wildman–Crippen MR) is 117 cm³/mol. The Morgan fingerprint density at radius 1 is 0.969 bits per heavy atom. The van der Waals surface area contributed by atoms with Crippen LogP contribution in [0.1, 0.15) is 68.7 Å². The van der Waals surface area contributed by atoms with E-state index in [-0.39, 0.29) is 34.9 Å². The van der Waals surface area contributed by atoms with Crippen LogP contribution < -0.4 is 0 Å². The zero-order chi connectivity index (χ0) is 22.7. The molecule has 166 valence electrons. The number of ether oxygens (including phenoxy) is 1. The van der Waals surface area contributed by atoms with Crippen molar-refractivity contribution in [2.75, 3.05) is 13.7 Å². The van der Waals surface area contributed by atoms with Crippen molar-refractivity contribution in [1.29, 1.82) is 0 Å². The number of amides is 3. The number of carbonyl (C=O) groups excluding carboxylic acids is 4. The molecule has 0 radical (unpaired) electrons. The lowest BCUT2D eigenvalue weighted by Crippen LogP contribution is -2.40. The molecule has 1 heterocycles. The second-order valence-electron chi connectivity index (χ2n) is 8.34. The van der Waals surface area contributed by atoms with Gasteiger partial charge in [0.25, 0.3) is 17.7 Å². The summed E-state index contributed by atoms with van der Waals surface area (Å²) in [6, 6.07) is 13.8. The van der Waals surface area contributed by atoms with Gasteiger partial charge >= 0.3 is 5.97 Å². The summed E-state index contributed by atoms with van der Waals surface area (Å²) in [5.41, 5.74) is 1.66. The number of hydrogen-bond acceptors (Lipinski definition) is 5. The first kappa shape index (κ1) is 21.7. The Kier molecular flexibility index (Phi) is 6.35. The van der Waals surface area contributed by atoms with Crippen LogP contribution in [0.15, 0.2) is 48.5 Å². The fraction of sp³-hybridized carbons (Fsp3) is 0.360. The molecule has 0 bridgehead atoms. The third-order valence-corrected chi connectivity index (χ3v) is 6.11. The summed E-state index contributed by atoms with van der Waals surface area (Å²) < 4.78 is 5.17. The molecule has 7 heteroatoms. The largest absolute Gasteiger partial charge is 0.452 e. The minimum atomic E-state index is -0.703. The molecule has 0 aromatic heterocycles. The van der Waals surface area contributed by atoms with Gasteiger partial charge in [-0.25, -0.2) is 4.79 Å². The molecule has 1 aliphatic heterocycles. The highest BCUT2D eigenvalue weighted by atomic mass is 16.5. The quantitative estimate of drug-likeness (QED) is 0.514. The maximum atomic E-state index is 12.9. The first-order valence-corrected chi connectivity index (χ1v) is 10.9. The van der Waals surface area contributed by atoms with E-state index in [2.05, 4.69) is 0 Å². The van der Waals surface area contributed by atoms with Crippen LogP contribution in [0.4, 0.5) is 0 Å². The van der Waals surface area contributed by atoms with E-state index < -0.39 is 12.6 Å². The lowest BCUT2D eigenvalue weighted by atomic mass is 9.94. The maximum Gasteiger partial charge on any atom is 0.338 e. The van der Waals surface area contributed by atoms with Crippen molar-refractivity contribution in [2.45, 2.75) is 44.7 Å². The Labute approximate surface area is 187 Å². The highest BCUT2D eigenvalue weighted by Crippen LogP contribution is 2.31. The molecule has 32 heavy (non-hydrogen) atoms. The summed E-state index contributed by atoms with van der Waals surface area (Å²) >= 11 is 0. The molecule has 1 aliphatic carbocycles. The second-order valence-corrected chi connectivity index (χ2v) is 8.34. The number of imide groups is 1. The predicted octanol–water partition coefficient (Wildman–Crippen LogP) is 3.43. The van der Waals surface area contributed by atoms with Crippen molar-refractivity contribution >= 4 is 23.7 Å². The molecule has 1 fully saturated rings. The van der Waals surface area contributed by atoms with Gasteiger partial charge in [-0.05, 0) is 36.6 Å². The van der Waals surface area contributed by atoms with Gasteiger partial charge < -0.3 is 9.64 Å². The normalized spacial score (nSPS) is 16.1. The van der Waals surface area contributed by atoms with Crippen LogP contribution in [-0.2, 0) is 16.1 Å². The van der Waals surface area contributed by atoms with Crippen molar-refractivity contribution in [3.63, 3.8) is 0 Å². The third kappa shape index (κ3) is 4.42. The van der Waals surface area contributed by atoms with E-state index in [1.54, 1.807) is 7.05 Å². The first-order valence-electron chi connectivity index (χ1n) is 10.9. The van der Waals surface area contributed by atoms with Gasteiger partial charge in [-0.15, -0.1) is 0 Å². The summed E-state index contributed by atoms with van der Waals surface area (Å²) in [6.07, 6.45) is 4.76. The molecule has 2 aromatic carbocycles. The number of esters is 1. The minimum absolute atomic E-state index is 0.0793. The van der Waals surface area contributed by atoms with Crippen LogP contribution in [0.2, 0.25) is 0 Å². The molecule has 2 aromatic rings. The SMILES string of the molecule is CN(Cc1ccccc1)C(=O)COC(=O)c1ccc2c(c1)C(=O)N(C1CCCCC1)C2=O. The first-order chi connectivity index (χ1) is 15.5. The molecule has 0 N–H and O–H groups in total. The third-order valence-electron chi connectivity index (χ3n) is 6.11. The smallest absolute Gasteiger partial charge is 0.338 e. The van der Waals surface area contributed by atoms with E-state index in [0.717, 1.165) is 37.7 Å². The van der Waals surface area contributed by atoms with Crippen LogP contribution in [0, 0.1) is 0 Å². The standard InChI is InChI=1S/C25H26N2O5/c1-26(15-17-8-4-2-5-9-17)22(28)16-32-25(31)18-12-13-20-21(14-18)24(30)27(23(20)29)19-10-6-3-7-11-19/h2,4-5,8-9,12-14,19H,3,6-7,10-11,15-16H2,1H3. The van der Waals surface area contributed by atoms with Gasteiger partial charge in [0.15, 0.2) is 6.61 Å². The maximum absolute atomic E-state index is 12.9. The van der Waals surface area contributed by atoms with Crippen molar-refractivity contribution in [3.8, 4) is 0 Å². The van der Waals surface area contributed by atoms with E-state index in [0.29, 0.717) is 12.1 Å². The summed E-state index contributed by atoms with van der Waals surface area (Å²) in [7, 11) is 1.64. The summed E-state index contributed by atoms with van der Waals surface area (Å²) in [5, 5.41) is 0. The molecule has 0 spiro atoms. The van der Waals surface area contributed by atoms with E-state index in [4.69, 9.17) is 4.74 Å². The molecule has 0 unspecified atom stereocenters. The number of fused-ring (bicyclic) bond motifs is 1. The Balaban J connectivity index is 1.38. The lowest BCUT2D eigenvalue weighted by molar-refractivity contribution is -0.133. The fourth-order valence-corrected chi connectivity index (χ4v) is 4.32. The highest BCUT2D eigenvalue weighted by Gasteiger charge is 2.40. The molecular formula is C25H26N2O5. The summed E-state index contributed by atoms with van der Waals surface area (Å²) in [6.45, 7) is 0.00398. The number of hydrogen-bond donors (Lipinski definition) is 0. The Morgan fingerprint density at radius 2 is 1.66 bits per heavy atom. The second kappa shape index (κ2) is 9.34. The van der Waals surface area contributed by atoms with Gasteiger partial charge in [-0.2, -0.15) is 0 Å². The molecule has 7 nitrogen and oxygen atoms in total. The molecule has 3 amide bonds. The zero-order valence-electron chi connectivity index (χ0n) is 18.1. The number of likely N-dealkylation sites (N-methyl/N-ethyl adjacent to an activating group) is 1. The lowest BCUT2D eigenvalue weighted by Gasteiger charge is -2.29. The van der Waals surface area contributed by atoms with Gasteiger partial charge in [0.1, 0.15) is 0 Å². The van der Waals surface area contributed by atoms with Gasteiger partial charge in [-0.3, -0.25) is 19.3 Å². The average Bonchev–Trinajstić information content (AvgIpc) is 3.07. The van der Waals surface area contributed by atoms with Crippen molar-refractivity contribution < 1.29 is 23.9 Å². The van der Waals surface area contributed by atoms with Crippen LogP contribution >= 0.6 is 0 Å². The fourth-order valence-electron chi connectivity index (χ4n) is 4.32. The summed E-state index contributed by atoms with van der Waals surface area (Å²) in [5.74, 6) is -1.69. The van der Waals surface area contributed by atoms with Crippen LogP contribution in [0.5, 0.6) is 0 Å². The van der Waals surface area contributed by atoms with E-state index >= 15 is 0 Å². The number of benzene rings is 2.